The number of nitrogens with zero attached hydrogens (tertiary/aromatic N) is 2. The quantitative estimate of drug-likeness (QED) is 0.673. The minimum atomic E-state index is -0.384. The molecule has 34 heavy (non-hydrogen) atoms. The fourth-order valence-electron chi connectivity index (χ4n) is 5.43. The summed E-state index contributed by atoms with van der Waals surface area (Å²) in [6.07, 6.45) is 2.58. The number of hydrogen-bond donors (Lipinski definition) is 1. The van der Waals surface area contributed by atoms with Crippen molar-refractivity contribution in [2.45, 2.75) is 31.9 Å². The number of hydrogen-bond acceptors (Lipinski definition) is 6. The highest BCUT2D eigenvalue weighted by Crippen LogP contribution is 2.33. The van der Waals surface area contributed by atoms with Crippen LogP contribution in [0.1, 0.15) is 40.6 Å². The summed E-state index contributed by atoms with van der Waals surface area (Å²) in [5.41, 5.74) is 1.97. The molecule has 4 heterocycles. The zero-order valence-electron chi connectivity index (χ0n) is 19.7. The van der Waals surface area contributed by atoms with Gasteiger partial charge < -0.3 is 29.0 Å². The van der Waals surface area contributed by atoms with Gasteiger partial charge in [0.15, 0.2) is 5.76 Å². The summed E-state index contributed by atoms with van der Waals surface area (Å²) in [5, 5.41) is 3.07. The largest absolute Gasteiger partial charge is 0.459 e. The van der Waals surface area contributed by atoms with Crippen molar-refractivity contribution in [1.29, 1.82) is 0 Å². The molecule has 5 rings (SSSR count). The normalized spacial score (nSPS) is 25.3. The van der Waals surface area contributed by atoms with E-state index in [0.29, 0.717) is 30.8 Å². The minimum absolute atomic E-state index is 0.00275. The smallest absolute Gasteiger partial charge is 0.407 e. The molecule has 3 aliphatic rings. The van der Waals surface area contributed by atoms with E-state index in [-0.39, 0.29) is 24.1 Å². The van der Waals surface area contributed by atoms with Gasteiger partial charge in [-0.3, -0.25) is 4.79 Å². The summed E-state index contributed by atoms with van der Waals surface area (Å²) < 4.78 is 16.3. The summed E-state index contributed by atoms with van der Waals surface area (Å²) >= 11 is 0. The molecule has 2 amide bonds. The van der Waals surface area contributed by atoms with Crippen LogP contribution in [0.2, 0.25) is 0 Å². The number of rotatable bonds is 7. The Morgan fingerprint density at radius 2 is 1.88 bits per heavy atom. The van der Waals surface area contributed by atoms with Crippen LogP contribution in [0.5, 0.6) is 0 Å². The molecule has 1 aromatic heterocycles. The molecule has 182 valence electrons. The van der Waals surface area contributed by atoms with Gasteiger partial charge in [-0.05, 0) is 36.8 Å². The second-order valence-electron chi connectivity index (χ2n) is 9.71. The topological polar surface area (TPSA) is 84.3 Å². The molecule has 0 spiro atoms. The van der Waals surface area contributed by atoms with Gasteiger partial charge in [0.1, 0.15) is 6.10 Å². The highest BCUT2D eigenvalue weighted by atomic mass is 16.6. The van der Waals surface area contributed by atoms with Crippen molar-refractivity contribution in [3.05, 3.63) is 59.5 Å². The first-order valence-electron chi connectivity index (χ1n) is 12.2. The van der Waals surface area contributed by atoms with Crippen molar-refractivity contribution < 1.29 is 23.5 Å². The molecule has 1 aromatic carbocycles. The highest BCUT2D eigenvalue weighted by Gasteiger charge is 2.42. The van der Waals surface area contributed by atoms with Crippen LogP contribution in [0.3, 0.4) is 0 Å². The van der Waals surface area contributed by atoms with E-state index in [2.05, 4.69) is 10.2 Å². The van der Waals surface area contributed by atoms with E-state index >= 15 is 0 Å². The van der Waals surface area contributed by atoms with Crippen LogP contribution >= 0.6 is 0 Å². The summed E-state index contributed by atoms with van der Waals surface area (Å²) in [6.45, 7) is 7.38. The molecule has 3 saturated heterocycles. The first-order valence-corrected chi connectivity index (χ1v) is 12.2. The Balaban J connectivity index is 1.14. The number of likely N-dealkylation sites (tertiary alicyclic amines) is 2. The lowest BCUT2D eigenvalue weighted by Crippen LogP contribution is -2.36. The van der Waals surface area contributed by atoms with Gasteiger partial charge >= 0.3 is 6.09 Å². The number of aryl methyl sites for hydroxylation is 1. The van der Waals surface area contributed by atoms with Crippen molar-refractivity contribution in [2.75, 3.05) is 45.9 Å². The molecular formula is C26H33N3O5. The summed E-state index contributed by atoms with van der Waals surface area (Å²) in [4.78, 5) is 29.7. The SMILES string of the molecule is Cc1ccoc1C(=O)N1CC2CN(CCC(NC(=O)OC3CCOC3)c3ccccc3)C[C@H]2C1. The first kappa shape index (κ1) is 22.9. The van der Waals surface area contributed by atoms with E-state index in [4.69, 9.17) is 13.9 Å². The zero-order valence-corrected chi connectivity index (χ0v) is 19.7. The number of fused-ring (bicyclic) bond motifs is 1. The fourth-order valence-corrected chi connectivity index (χ4v) is 5.43. The summed E-state index contributed by atoms with van der Waals surface area (Å²) in [6, 6.07) is 11.8. The van der Waals surface area contributed by atoms with Gasteiger partial charge in [0.2, 0.25) is 0 Å². The minimum Gasteiger partial charge on any atom is -0.459 e. The van der Waals surface area contributed by atoms with E-state index in [1.54, 1.807) is 6.26 Å². The number of nitrogens with one attached hydrogen (secondary N) is 1. The standard InChI is InChI=1S/C26H33N3O5/c1-18-8-12-33-24(18)25(30)29-15-20-13-28(14-21(20)16-29)10-7-23(19-5-3-2-4-6-19)27-26(31)34-22-9-11-32-17-22/h2-6,8,12,20-23H,7,9-11,13-17H2,1H3,(H,27,31)/t20-,21?,22?,23?/m0/s1. The zero-order chi connectivity index (χ0) is 23.5. The van der Waals surface area contributed by atoms with Crippen molar-refractivity contribution in [2.24, 2.45) is 11.8 Å². The predicted octanol–water partition coefficient (Wildman–Crippen LogP) is 3.24. The van der Waals surface area contributed by atoms with Crippen LogP contribution in [-0.4, -0.2) is 73.8 Å². The van der Waals surface area contributed by atoms with Crippen molar-refractivity contribution in [3.8, 4) is 0 Å². The maximum Gasteiger partial charge on any atom is 0.407 e. The molecule has 0 bridgehead atoms. The van der Waals surface area contributed by atoms with Crippen molar-refractivity contribution in [1.82, 2.24) is 15.1 Å². The van der Waals surface area contributed by atoms with E-state index in [1.165, 1.54) is 0 Å². The van der Waals surface area contributed by atoms with Gasteiger partial charge in [0.05, 0.1) is 25.5 Å². The molecule has 3 aliphatic heterocycles. The number of carbonyl (C=O) groups is 2. The molecule has 8 nitrogen and oxygen atoms in total. The summed E-state index contributed by atoms with van der Waals surface area (Å²) in [7, 11) is 0. The third-order valence-electron chi connectivity index (χ3n) is 7.30. The Kier molecular flexibility index (Phi) is 6.87. The van der Waals surface area contributed by atoms with Gasteiger partial charge in [-0.1, -0.05) is 30.3 Å². The second-order valence-corrected chi connectivity index (χ2v) is 9.71. The number of amides is 2. The third-order valence-corrected chi connectivity index (χ3v) is 7.30. The fraction of sp³-hybridized carbons (Fsp3) is 0.538. The molecule has 3 fully saturated rings. The van der Waals surface area contributed by atoms with E-state index in [1.807, 2.05) is 48.2 Å². The maximum absolute atomic E-state index is 12.8. The van der Waals surface area contributed by atoms with E-state index in [0.717, 1.165) is 56.7 Å². The molecule has 1 N–H and O–H groups in total. The summed E-state index contributed by atoms with van der Waals surface area (Å²) in [5.74, 6) is 1.43. The molecule has 3 unspecified atom stereocenters. The first-order chi connectivity index (χ1) is 16.6. The van der Waals surface area contributed by atoms with E-state index in [9.17, 15) is 9.59 Å². The number of furan rings is 1. The van der Waals surface area contributed by atoms with Gasteiger partial charge in [0.25, 0.3) is 5.91 Å². The van der Waals surface area contributed by atoms with Crippen molar-refractivity contribution >= 4 is 12.0 Å². The van der Waals surface area contributed by atoms with Crippen LogP contribution < -0.4 is 5.32 Å². The number of carbonyl (C=O) groups excluding carboxylic acids is 2. The average Bonchev–Trinajstić information content (AvgIpc) is 3.62. The molecule has 0 radical (unpaired) electrons. The maximum atomic E-state index is 12.8. The van der Waals surface area contributed by atoms with Crippen LogP contribution in [0.15, 0.2) is 47.1 Å². The highest BCUT2D eigenvalue weighted by molar-refractivity contribution is 5.93. The van der Waals surface area contributed by atoms with E-state index < -0.39 is 0 Å². The Morgan fingerprint density at radius 3 is 2.53 bits per heavy atom. The Labute approximate surface area is 200 Å². The molecule has 0 saturated carbocycles. The predicted molar refractivity (Wildman–Crippen MR) is 125 cm³/mol. The molecular weight excluding hydrogens is 434 g/mol. The number of alkyl carbamates (subject to hydrolysis) is 1. The van der Waals surface area contributed by atoms with Crippen LogP contribution in [0, 0.1) is 18.8 Å². The Morgan fingerprint density at radius 1 is 1.12 bits per heavy atom. The third kappa shape index (κ3) is 5.13. The van der Waals surface area contributed by atoms with Crippen LogP contribution in [0.25, 0.3) is 0 Å². The number of ether oxygens (including phenoxy) is 2. The molecule has 0 aliphatic carbocycles. The van der Waals surface area contributed by atoms with Crippen LogP contribution in [-0.2, 0) is 9.47 Å². The van der Waals surface area contributed by atoms with Gasteiger partial charge in [-0.25, -0.2) is 4.79 Å². The Hall–Kier alpha value is -2.84. The van der Waals surface area contributed by atoms with Crippen molar-refractivity contribution in [3.63, 3.8) is 0 Å². The molecule has 8 heteroatoms. The lowest BCUT2D eigenvalue weighted by molar-refractivity contribution is 0.0741. The van der Waals surface area contributed by atoms with Gasteiger partial charge in [-0.15, -0.1) is 0 Å². The monoisotopic (exact) mass is 467 g/mol. The van der Waals surface area contributed by atoms with Crippen LogP contribution in [0.4, 0.5) is 4.79 Å². The molecule has 2 aromatic rings. The second kappa shape index (κ2) is 10.2. The molecule has 4 atom stereocenters. The van der Waals surface area contributed by atoms with Gasteiger partial charge in [-0.2, -0.15) is 0 Å². The average molecular weight is 468 g/mol. The Bertz CT molecular complexity index is 973. The van der Waals surface area contributed by atoms with Gasteiger partial charge in [0, 0.05) is 44.7 Å². The number of benzene rings is 1. The lowest BCUT2D eigenvalue weighted by atomic mass is 10.0. The lowest BCUT2D eigenvalue weighted by Gasteiger charge is -2.25.